The van der Waals surface area contributed by atoms with Crippen LogP contribution < -0.4 is 10.2 Å². The van der Waals surface area contributed by atoms with Crippen molar-refractivity contribution < 1.29 is 4.39 Å². The van der Waals surface area contributed by atoms with Gasteiger partial charge in [-0.1, -0.05) is 26.2 Å². The highest BCUT2D eigenvalue weighted by atomic mass is 19.1. The average molecular weight is 292 g/mol. The van der Waals surface area contributed by atoms with Gasteiger partial charge in [-0.2, -0.15) is 0 Å². The molecule has 1 aliphatic carbocycles. The molecule has 21 heavy (non-hydrogen) atoms. The molecule has 0 saturated heterocycles. The Bertz CT molecular complexity index is 441. The Hall–Kier alpha value is -1.09. The molecule has 2 nitrogen and oxygen atoms in total. The van der Waals surface area contributed by atoms with Gasteiger partial charge in [0.25, 0.3) is 0 Å². The second-order valence-corrected chi connectivity index (χ2v) is 6.28. The maximum absolute atomic E-state index is 13.7. The molecule has 1 atom stereocenters. The predicted octanol–water partition coefficient (Wildman–Crippen LogP) is 4.66. The molecule has 3 heteroatoms. The lowest BCUT2D eigenvalue weighted by Crippen LogP contribution is -2.34. The van der Waals surface area contributed by atoms with E-state index in [2.05, 4.69) is 31.1 Å². The van der Waals surface area contributed by atoms with E-state index in [0.29, 0.717) is 6.04 Å². The van der Waals surface area contributed by atoms with Crippen LogP contribution >= 0.6 is 0 Å². The van der Waals surface area contributed by atoms with E-state index in [1.54, 1.807) is 12.1 Å². The van der Waals surface area contributed by atoms with Crippen molar-refractivity contribution in [2.24, 2.45) is 0 Å². The van der Waals surface area contributed by atoms with Gasteiger partial charge in [0.15, 0.2) is 0 Å². The van der Waals surface area contributed by atoms with Gasteiger partial charge in [-0.25, -0.2) is 4.39 Å². The monoisotopic (exact) mass is 292 g/mol. The highest BCUT2D eigenvalue weighted by Gasteiger charge is 2.22. The molecule has 1 aromatic rings. The van der Waals surface area contributed by atoms with Crippen molar-refractivity contribution in [2.75, 3.05) is 18.5 Å². The fourth-order valence-corrected chi connectivity index (χ4v) is 3.33. The summed E-state index contributed by atoms with van der Waals surface area (Å²) < 4.78 is 13.7. The number of benzene rings is 1. The maximum atomic E-state index is 13.7. The summed E-state index contributed by atoms with van der Waals surface area (Å²) >= 11 is 0. The Morgan fingerprint density at radius 3 is 2.67 bits per heavy atom. The number of rotatable bonds is 6. The summed E-state index contributed by atoms with van der Waals surface area (Å²) in [6, 6.07) is 6.01. The third-order valence-corrected chi connectivity index (χ3v) is 4.66. The van der Waals surface area contributed by atoms with Gasteiger partial charge in [0.05, 0.1) is 0 Å². The minimum atomic E-state index is -0.143. The molecule has 118 valence electrons. The Balaban J connectivity index is 2.20. The van der Waals surface area contributed by atoms with Crippen molar-refractivity contribution in [3.8, 4) is 0 Å². The molecule has 1 N–H and O–H groups in total. The number of anilines is 1. The van der Waals surface area contributed by atoms with Gasteiger partial charge in [0.2, 0.25) is 0 Å². The van der Waals surface area contributed by atoms with Gasteiger partial charge < -0.3 is 10.2 Å². The largest absolute Gasteiger partial charge is 0.371 e. The highest BCUT2D eigenvalue weighted by Crippen LogP contribution is 2.31. The Morgan fingerprint density at radius 1 is 1.29 bits per heavy atom. The van der Waals surface area contributed by atoms with Gasteiger partial charge in [0, 0.05) is 24.8 Å². The first-order valence-corrected chi connectivity index (χ1v) is 8.39. The lowest BCUT2D eigenvalue weighted by Gasteiger charge is -2.35. The fraction of sp³-hybridized carbons (Fsp3) is 0.667. The minimum Gasteiger partial charge on any atom is -0.371 e. The van der Waals surface area contributed by atoms with E-state index in [9.17, 15) is 4.39 Å². The minimum absolute atomic E-state index is 0.143. The SMILES string of the molecule is CCCNC(C)c1cc(F)ccc1N(C)C1CCCCC1. The van der Waals surface area contributed by atoms with Crippen LogP contribution in [0.3, 0.4) is 0 Å². The van der Waals surface area contributed by atoms with Gasteiger partial charge in [-0.3, -0.25) is 0 Å². The van der Waals surface area contributed by atoms with Crippen molar-refractivity contribution in [2.45, 2.75) is 64.5 Å². The molecule has 0 radical (unpaired) electrons. The van der Waals surface area contributed by atoms with Crippen LogP contribution in [0.25, 0.3) is 0 Å². The topological polar surface area (TPSA) is 15.3 Å². The van der Waals surface area contributed by atoms with Crippen molar-refractivity contribution >= 4 is 5.69 Å². The fourth-order valence-electron chi connectivity index (χ4n) is 3.33. The van der Waals surface area contributed by atoms with E-state index in [4.69, 9.17) is 0 Å². The summed E-state index contributed by atoms with van der Waals surface area (Å²) in [6.45, 7) is 5.24. The average Bonchev–Trinajstić information content (AvgIpc) is 2.52. The zero-order valence-electron chi connectivity index (χ0n) is 13.7. The van der Waals surface area contributed by atoms with Crippen LogP contribution in [-0.2, 0) is 0 Å². The molecule has 0 amide bonds. The Morgan fingerprint density at radius 2 is 2.00 bits per heavy atom. The van der Waals surface area contributed by atoms with Crippen LogP contribution in [0.2, 0.25) is 0 Å². The zero-order valence-corrected chi connectivity index (χ0v) is 13.7. The smallest absolute Gasteiger partial charge is 0.123 e. The number of halogens is 1. The number of nitrogens with zero attached hydrogens (tertiary/aromatic N) is 1. The van der Waals surface area contributed by atoms with Crippen LogP contribution in [0.4, 0.5) is 10.1 Å². The molecule has 0 heterocycles. The molecule has 2 rings (SSSR count). The van der Waals surface area contributed by atoms with Crippen LogP contribution in [0.1, 0.15) is 64.0 Å². The molecule has 0 aromatic heterocycles. The van der Waals surface area contributed by atoms with Crippen molar-refractivity contribution in [3.63, 3.8) is 0 Å². The van der Waals surface area contributed by atoms with Crippen LogP contribution in [0.15, 0.2) is 18.2 Å². The maximum Gasteiger partial charge on any atom is 0.123 e. The highest BCUT2D eigenvalue weighted by molar-refractivity contribution is 5.55. The molecule has 1 saturated carbocycles. The summed E-state index contributed by atoms with van der Waals surface area (Å²) in [4.78, 5) is 2.37. The number of hydrogen-bond acceptors (Lipinski definition) is 2. The van der Waals surface area contributed by atoms with Crippen molar-refractivity contribution in [3.05, 3.63) is 29.6 Å². The number of nitrogens with one attached hydrogen (secondary N) is 1. The van der Waals surface area contributed by atoms with E-state index < -0.39 is 0 Å². The van der Waals surface area contributed by atoms with E-state index in [1.807, 2.05) is 6.07 Å². The third kappa shape index (κ3) is 4.19. The molecule has 0 bridgehead atoms. The molecule has 1 unspecified atom stereocenters. The second kappa shape index (κ2) is 7.79. The first-order valence-electron chi connectivity index (χ1n) is 8.39. The summed E-state index contributed by atoms with van der Waals surface area (Å²) in [7, 11) is 2.17. The normalized spacial score (nSPS) is 17.7. The Labute approximate surface area is 128 Å². The van der Waals surface area contributed by atoms with Crippen LogP contribution in [0, 0.1) is 5.82 Å². The van der Waals surface area contributed by atoms with Crippen molar-refractivity contribution in [1.82, 2.24) is 5.32 Å². The molecule has 1 fully saturated rings. The quantitative estimate of drug-likeness (QED) is 0.820. The van der Waals surface area contributed by atoms with Crippen LogP contribution in [0.5, 0.6) is 0 Å². The van der Waals surface area contributed by atoms with Gasteiger partial charge in [0.1, 0.15) is 5.82 Å². The van der Waals surface area contributed by atoms with Gasteiger partial charge in [-0.15, -0.1) is 0 Å². The molecule has 0 spiro atoms. The second-order valence-electron chi connectivity index (χ2n) is 6.28. The predicted molar refractivity (Wildman–Crippen MR) is 88.4 cm³/mol. The van der Waals surface area contributed by atoms with E-state index in [0.717, 1.165) is 18.5 Å². The van der Waals surface area contributed by atoms with E-state index in [1.165, 1.54) is 37.8 Å². The third-order valence-electron chi connectivity index (χ3n) is 4.66. The number of hydrogen-bond donors (Lipinski definition) is 1. The zero-order chi connectivity index (χ0) is 15.2. The van der Waals surface area contributed by atoms with Crippen LogP contribution in [-0.4, -0.2) is 19.6 Å². The molecule has 1 aromatic carbocycles. The molecular formula is C18H29FN2. The summed E-state index contributed by atoms with van der Waals surface area (Å²) in [5.74, 6) is -0.143. The molecule has 0 aliphatic heterocycles. The molecular weight excluding hydrogens is 263 g/mol. The van der Waals surface area contributed by atoms with Crippen molar-refractivity contribution in [1.29, 1.82) is 0 Å². The van der Waals surface area contributed by atoms with E-state index in [-0.39, 0.29) is 11.9 Å². The summed E-state index contributed by atoms with van der Waals surface area (Å²) in [6.07, 6.45) is 7.58. The lowest BCUT2D eigenvalue weighted by atomic mass is 9.93. The molecule has 1 aliphatic rings. The first-order chi connectivity index (χ1) is 10.1. The van der Waals surface area contributed by atoms with Gasteiger partial charge in [-0.05, 0) is 56.5 Å². The first kappa shape index (κ1) is 16.3. The van der Waals surface area contributed by atoms with Gasteiger partial charge >= 0.3 is 0 Å². The summed E-state index contributed by atoms with van der Waals surface area (Å²) in [5.41, 5.74) is 2.26. The van der Waals surface area contributed by atoms with E-state index >= 15 is 0 Å². The Kier molecular flexibility index (Phi) is 6.04. The lowest BCUT2D eigenvalue weighted by molar-refractivity contribution is 0.426. The standard InChI is InChI=1S/C18H29FN2/c1-4-12-20-14(2)17-13-15(19)10-11-18(17)21(3)16-8-6-5-7-9-16/h10-11,13-14,16,20H,4-9,12H2,1-3H3. The summed E-state index contributed by atoms with van der Waals surface area (Å²) in [5, 5.41) is 3.48.